The van der Waals surface area contributed by atoms with E-state index in [2.05, 4.69) is 146 Å². The lowest BCUT2D eigenvalue weighted by Crippen LogP contribution is -1.87. The molecule has 10 rings (SSSR count). The zero-order valence-corrected chi connectivity index (χ0v) is 27.2. The molecule has 1 aliphatic carbocycles. The Balaban J connectivity index is 1.28. The van der Waals surface area contributed by atoms with Crippen molar-refractivity contribution in [3.8, 4) is 33.4 Å². The molecule has 3 heterocycles. The Morgan fingerprint density at radius 3 is 1.41 bits per heavy atom. The van der Waals surface area contributed by atoms with Gasteiger partial charge in [0.25, 0.3) is 0 Å². The maximum Gasteiger partial charge on any atom is 0.0433 e. The summed E-state index contributed by atoms with van der Waals surface area (Å²) in [6.45, 7) is 0. The van der Waals surface area contributed by atoms with Crippen molar-refractivity contribution in [2.75, 3.05) is 0 Å². The summed E-state index contributed by atoms with van der Waals surface area (Å²) < 4.78 is 6.72. The van der Waals surface area contributed by atoms with Crippen LogP contribution < -0.4 is 0 Å². The van der Waals surface area contributed by atoms with Gasteiger partial charge in [-0.15, -0.1) is 34.0 Å². The van der Waals surface area contributed by atoms with Crippen molar-refractivity contribution in [2.45, 2.75) is 6.42 Å². The second kappa shape index (κ2) is 10.4. The minimum absolute atomic E-state index is 0.987. The van der Waals surface area contributed by atoms with Gasteiger partial charge in [-0.05, 0) is 76.2 Å². The molecule has 6 aromatic carbocycles. The van der Waals surface area contributed by atoms with Gasteiger partial charge in [-0.2, -0.15) is 0 Å². The van der Waals surface area contributed by atoms with Gasteiger partial charge in [-0.1, -0.05) is 109 Å². The third-order valence-corrected chi connectivity index (χ3v) is 12.9. The van der Waals surface area contributed by atoms with Gasteiger partial charge < -0.3 is 0 Å². The highest BCUT2D eigenvalue weighted by Crippen LogP contribution is 2.46. The predicted octanol–water partition coefficient (Wildman–Crippen LogP) is 14.1. The first-order valence-corrected chi connectivity index (χ1v) is 18.1. The van der Waals surface area contributed by atoms with E-state index in [1.165, 1.54) is 94.3 Å². The van der Waals surface area contributed by atoms with Crippen LogP contribution in [0.25, 0.3) is 96.0 Å². The molecular weight excluding hydrogens is 613 g/mol. The van der Waals surface area contributed by atoms with E-state index in [1.54, 1.807) is 0 Å². The number of benzene rings is 6. The molecule has 1 aliphatic rings. The van der Waals surface area contributed by atoms with E-state index >= 15 is 0 Å². The lowest BCUT2D eigenvalue weighted by molar-refractivity contribution is 1.44. The maximum absolute atomic E-state index is 2.43. The van der Waals surface area contributed by atoms with Crippen LogP contribution >= 0.6 is 34.0 Å². The molecular formula is C43H26S3. The Bertz CT molecular complexity index is 2590. The van der Waals surface area contributed by atoms with Crippen LogP contribution in [0.4, 0.5) is 0 Å². The van der Waals surface area contributed by atoms with Crippen LogP contribution in [0.2, 0.25) is 0 Å². The number of thiophene rings is 3. The number of allylic oxidation sites excluding steroid dienone is 2. The normalized spacial score (nSPS) is 13.0. The van der Waals surface area contributed by atoms with E-state index in [-0.39, 0.29) is 0 Å². The van der Waals surface area contributed by atoms with E-state index in [4.69, 9.17) is 0 Å². The molecule has 0 radical (unpaired) electrons. The molecule has 0 saturated heterocycles. The topological polar surface area (TPSA) is 0 Å². The SMILES string of the molecule is C1=Cc2sc3c(-c4cc(-c5cccc6c5sc5ccccc56)cc(-c5cccc6c5sc5ccccc56)c4)cccc3c2C=CC1. The Morgan fingerprint density at radius 2 is 0.848 bits per heavy atom. The zero-order valence-electron chi connectivity index (χ0n) is 24.8. The average Bonchev–Trinajstić information content (AvgIpc) is 3.73. The van der Waals surface area contributed by atoms with E-state index in [9.17, 15) is 0 Å². The highest BCUT2D eigenvalue weighted by Gasteiger charge is 2.18. The molecule has 0 fully saturated rings. The molecule has 9 aromatic rings. The van der Waals surface area contributed by atoms with Crippen LogP contribution in [0.15, 0.2) is 133 Å². The minimum Gasteiger partial charge on any atom is -0.135 e. The van der Waals surface area contributed by atoms with E-state index in [0.29, 0.717) is 0 Å². The zero-order chi connectivity index (χ0) is 30.2. The largest absolute Gasteiger partial charge is 0.135 e. The first kappa shape index (κ1) is 26.4. The lowest BCUT2D eigenvalue weighted by Gasteiger charge is -2.13. The number of fused-ring (bicyclic) bond motifs is 9. The standard InChI is InChI=1S/C43H26S3/c1-2-11-32-35-17-8-14-29(41(35)44-38(32)20-3-1)26-23-27(30-15-9-18-36-33-12-4-6-21-39(33)45-42(30)36)25-28(24-26)31-16-10-19-37-34-13-5-7-22-40(34)46-43(31)37/h2-25H,1H2. The average molecular weight is 639 g/mol. The summed E-state index contributed by atoms with van der Waals surface area (Å²) >= 11 is 5.72. The Kier molecular flexibility index (Phi) is 5.95. The van der Waals surface area contributed by atoms with Gasteiger partial charge in [0.2, 0.25) is 0 Å². The molecule has 3 aromatic heterocycles. The Labute approximate surface area is 278 Å². The second-order valence-electron chi connectivity index (χ2n) is 12.0. The van der Waals surface area contributed by atoms with Crippen molar-refractivity contribution in [1.29, 1.82) is 0 Å². The van der Waals surface area contributed by atoms with Crippen LogP contribution in [0.1, 0.15) is 16.9 Å². The Hall–Kier alpha value is -4.80. The number of hydrogen-bond acceptors (Lipinski definition) is 3. The molecule has 0 N–H and O–H groups in total. The second-order valence-corrected chi connectivity index (χ2v) is 15.1. The molecule has 0 atom stereocenters. The molecule has 3 heteroatoms. The van der Waals surface area contributed by atoms with Gasteiger partial charge >= 0.3 is 0 Å². The maximum atomic E-state index is 2.43. The van der Waals surface area contributed by atoms with Gasteiger partial charge in [0.05, 0.1) is 0 Å². The van der Waals surface area contributed by atoms with Crippen molar-refractivity contribution < 1.29 is 0 Å². The van der Waals surface area contributed by atoms with Crippen LogP contribution in [-0.2, 0) is 0 Å². The fraction of sp³-hybridized carbons (Fsp3) is 0.0233. The number of rotatable bonds is 3. The fourth-order valence-corrected chi connectivity index (χ4v) is 10.9. The summed E-state index contributed by atoms with van der Waals surface area (Å²) in [6.07, 6.45) is 10.1. The van der Waals surface area contributed by atoms with E-state index in [1.807, 2.05) is 34.0 Å². The highest BCUT2D eigenvalue weighted by atomic mass is 32.1. The van der Waals surface area contributed by atoms with E-state index in [0.717, 1.165) is 6.42 Å². The molecule has 0 aliphatic heterocycles. The third kappa shape index (κ3) is 4.03. The predicted molar refractivity (Wildman–Crippen MR) is 207 cm³/mol. The third-order valence-electron chi connectivity index (χ3n) is 9.28. The van der Waals surface area contributed by atoms with E-state index < -0.39 is 0 Å². The smallest absolute Gasteiger partial charge is 0.0433 e. The van der Waals surface area contributed by atoms with Crippen LogP contribution in [-0.4, -0.2) is 0 Å². The van der Waals surface area contributed by atoms with Gasteiger partial charge in [-0.3, -0.25) is 0 Å². The Morgan fingerprint density at radius 1 is 0.391 bits per heavy atom. The van der Waals surface area contributed by atoms with Crippen LogP contribution in [0.3, 0.4) is 0 Å². The molecule has 0 amide bonds. The van der Waals surface area contributed by atoms with Gasteiger partial charge in [0, 0.05) is 60.9 Å². The minimum atomic E-state index is 0.987. The van der Waals surface area contributed by atoms with Crippen LogP contribution in [0, 0.1) is 0 Å². The molecule has 0 bridgehead atoms. The summed E-state index contributed by atoms with van der Waals surface area (Å²) in [4.78, 5) is 1.35. The first-order valence-electron chi connectivity index (χ1n) is 15.7. The summed E-state index contributed by atoms with van der Waals surface area (Å²) in [6, 6.07) is 45.4. The molecule has 216 valence electrons. The molecule has 46 heavy (non-hydrogen) atoms. The lowest BCUT2D eigenvalue weighted by atomic mass is 9.92. The monoisotopic (exact) mass is 638 g/mol. The summed E-state index contributed by atoms with van der Waals surface area (Å²) in [7, 11) is 0. The quantitative estimate of drug-likeness (QED) is 0.181. The molecule has 0 nitrogen and oxygen atoms in total. The molecule has 0 saturated carbocycles. The van der Waals surface area contributed by atoms with Crippen LogP contribution in [0.5, 0.6) is 0 Å². The molecule has 0 unspecified atom stereocenters. The molecule has 0 spiro atoms. The fourth-order valence-electron chi connectivity index (χ4n) is 7.16. The summed E-state index contributed by atoms with van der Waals surface area (Å²) in [5.41, 5.74) is 9.02. The van der Waals surface area contributed by atoms with Crippen molar-refractivity contribution >= 4 is 96.6 Å². The van der Waals surface area contributed by atoms with Gasteiger partial charge in [0.1, 0.15) is 0 Å². The summed E-state index contributed by atoms with van der Waals surface area (Å²) in [5.74, 6) is 0. The summed E-state index contributed by atoms with van der Waals surface area (Å²) in [5, 5.41) is 6.67. The van der Waals surface area contributed by atoms with Crippen molar-refractivity contribution in [1.82, 2.24) is 0 Å². The van der Waals surface area contributed by atoms with Crippen molar-refractivity contribution in [3.05, 3.63) is 144 Å². The van der Waals surface area contributed by atoms with Crippen molar-refractivity contribution in [2.24, 2.45) is 0 Å². The van der Waals surface area contributed by atoms with Crippen molar-refractivity contribution in [3.63, 3.8) is 0 Å². The first-order chi connectivity index (χ1) is 22.8. The van der Waals surface area contributed by atoms with Gasteiger partial charge in [-0.25, -0.2) is 0 Å². The number of hydrogen-bond donors (Lipinski definition) is 0. The van der Waals surface area contributed by atoms with Gasteiger partial charge in [0.15, 0.2) is 0 Å². The highest BCUT2D eigenvalue weighted by molar-refractivity contribution is 7.26.